The van der Waals surface area contributed by atoms with Crippen LogP contribution in [0, 0.1) is 0 Å². The number of hydrogen-bond donors (Lipinski definition) is 1. The first-order valence-corrected chi connectivity index (χ1v) is 5.09. The summed E-state index contributed by atoms with van der Waals surface area (Å²) < 4.78 is 0. The molecule has 0 atom stereocenters. The molecule has 1 aromatic heterocycles. The first-order valence-electron chi connectivity index (χ1n) is 4.21. The van der Waals surface area contributed by atoms with Gasteiger partial charge in [-0.3, -0.25) is 4.79 Å². The zero-order chi connectivity index (χ0) is 10.4. The highest BCUT2D eigenvalue weighted by Gasteiger charge is 2.09. The summed E-state index contributed by atoms with van der Waals surface area (Å²) in [4.78, 5) is 17.3. The highest BCUT2D eigenvalue weighted by molar-refractivity contribution is 7.11. The number of thiazole rings is 1. The summed E-state index contributed by atoms with van der Waals surface area (Å²) in [6, 6.07) is 0. The summed E-state index contributed by atoms with van der Waals surface area (Å²) in [5.74, 6) is 0.0447. The van der Waals surface area contributed by atoms with Crippen molar-refractivity contribution >= 4 is 17.1 Å². The molecule has 4 nitrogen and oxygen atoms in total. The molecule has 1 heterocycles. The molecule has 1 aromatic rings. The number of likely N-dealkylation sites (N-methyl/N-ethyl adjacent to an activating group) is 1. The third-order valence-electron chi connectivity index (χ3n) is 1.56. The maximum atomic E-state index is 11.5. The van der Waals surface area contributed by atoms with Crippen LogP contribution in [0.3, 0.4) is 0 Å². The van der Waals surface area contributed by atoms with Crippen LogP contribution in [0.2, 0.25) is 0 Å². The highest BCUT2D eigenvalue weighted by atomic mass is 32.1. The topological polar surface area (TPSA) is 45.2 Å². The lowest BCUT2D eigenvalue weighted by Gasteiger charge is -2.10. The average Bonchev–Trinajstić information content (AvgIpc) is 2.67. The molecular weight excluding hydrogens is 198 g/mol. The zero-order valence-electron chi connectivity index (χ0n) is 8.23. The largest absolute Gasteiger partial charge is 0.393 e. The molecule has 0 amide bonds. The fourth-order valence-corrected chi connectivity index (χ4v) is 1.48. The molecule has 0 aromatic carbocycles. The second-order valence-corrected chi connectivity index (χ2v) is 3.67. The van der Waals surface area contributed by atoms with E-state index in [-0.39, 0.29) is 5.78 Å². The summed E-state index contributed by atoms with van der Waals surface area (Å²) in [6.45, 7) is 0.353. The van der Waals surface area contributed by atoms with E-state index < -0.39 is 0 Å². The predicted octanol–water partition coefficient (Wildman–Crippen LogP) is 0.948. The number of nitrogens with one attached hydrogen (secondary N) is 1. The molecule has 1 N–H and O–H groups in total. The van der Waals surface area contributed by atoms with Gasteiger partial charge >= 0.3 is 0 Å². The Bertz CT molecular complexity index is 308. The highest BCUT2D eigenvalue weighted by Crippen LogP contribution is 2.05. The van der Waals surface area contributed by atoms with E-state index in [1.165, 1.54) is 11.3 Å². The average molecular weight is 211 g/mol. The summed E-state index contributed by atoms with van der Waals surface area (Å²) in [6.07, 6.45) is 5.22. The first kappa shape index (κ1) is 10.7. The van der Waals surface area contributed by atoms with Gasteiger partial charge in [0.25, 0.3) is 0 Å². The van der Waals surface area contributed by atoms with Crippen LogP contribution < -0.4 is 5.32 Å². The molecule has 14 heavy (non-hydrogen) atoms. The molecule has 0 radical (unpaired) electrons. The number of carbonyl (C=O) groups is 1. The predicted molar refractivity (Wildman–Crippen MR) is 57.3 cm³/mol. The van der Waals surface area contributed by atoms with E-state index >= 15 is 0 Å². The fourth-order valence-electron chi connectivity index (χ4n) is 0.910. The zero-order valence-corrected chi connectivity index (χ0v) is 9.04. The van der Waals surface area contributed by atoms with Gasteiger partial charge in [0.05, 0.1) is 6.54 Å². The van der Waals surface area contributed by atoms with Gasteiger partial charge in [-0.25, -0.2) is 4.98 Å². The van der Waals surface area contributed by atoms with Crippen molar-refractivity contribution in [3.05, 3.63) is 29.0 Å². The van der Waals surface area contributed by atoms with Gasteiger partial charge in [0.15, 0.2) is 5.01 Å². The van der Waals surface area contributed by atoms with Crippen LogP contribution in [0.15, 0.2) is 24.0 Å². The normalized spacial score (nSPS) is 10.4. The monoisotopic (exact) mass is 211 g/mol. The number of carbonyl (C=O) groups excluding carboxylic acids is 1. The summed E-state index contributed by atoms with van der Waals surface area (Å²) in [5, 5.41) is 5.23. The second kappa shape index (κ2) is 5.39. The van der Waals surface area contributed by atoms with E-state index in [4.69, 9.17) is 0 Å². The van der Waals surface area contributed by atoms with Crippen molar-refractivity contribution in [2.24, 2.45) is 0 Å². The lowest BCUT2D eigenvalue weighted by Crippen LogP contribution is -2.21. The van der Waals surface area contributed by atoms with Gasteiger partial charge in [0, 0.05) is 38.1 Å². The number of rotatable bonds is 5. The minimum Gasteiger partial charge on any atom is -0.393 e. The molecule has 5 heteroatoms. The Morgan fingerprint density at radius 2 is 2.57 bits per heavy atom. The van der Waals surface area contributed by atoms with Gasteiger partial charge in [-0.2, -0.15) is 0 Å². The van der Waals surface area contributed by atoms with E-state index in [0.717, 1.165) is 0 Å². The SMILES string of the molecule is CN/C=C\N(C)CC(=O)c1nccs1. The maximum Gasteiger partial charge on any atom is 0.210 e. The minimum absolute atomic E-state index is 0.0447. The molecule has 0 aliphatic rings. The lowest BCUT2D eigenvalue weighted by molar-refractivity contribution is 0.0964. The summed E-state index contributed by atoms with van der Waals surface area (Å²) in [7, 11) is 3.66. The van der Waals surface area contributed by atoms with Crippen molar-refractivity contribution in [3.63, 3.8) is 0 Å². The van der Waals surface area contributed by atoms with Crippen molar-refractivity contribution in [1.82, 2.24) is 15.2 Å². The maximum absolute atomic E-state index is 11.5. The van der Waals surface area contributed by atoms with E-state index in [1.807, 2.05) is 20.3 Å². The Kier molecular flexibility index (Phi) is 4.12. The van der Waals surface area contributed by atoms with Crippen LogP contribution in [0.25, 0.3) is 0 Å². The number of nitrogens with zero attached hydrogens (tertiary/aromatic N) is 2. The molecule has 0 saturated carbocycles. The van der Waals surface area contributed by atoms with Crippen LogP contribution >= 0.6 is 11.3 Å². The van der Waals surface area contributed by atoms with Crippen LogP contribution in [0.1, 0.15) is 9.80 Å². The van der Waals surface area contributed by atoms with Gasteiger partial charge in [0.2, 0.25) is 5.78 Å². The molecule has 0 aliphatic heterocycles. The Morgan fingerprint density at radius 1 is 1.79 bits per heavy atom. The molecular formula is C9H13N3OS. The number of ketones is 1. The van der Waals surface area contributed by atoms with Crippen LogP contribution in [0.4, 0.5) is 0 Å². The molecule has 0 bridgehead atoms. The Morgan fingerprint density at radius 3 is 3.14 bits per heavy atom. The Labute approximate surface area is 87.3 Å². The summed E-state index contributed by atoms with van der Waals surface area (Å²) in [5.41, 5.74) is 0. The molecule has 0 aliphatic carbocycles. The van der Waals surface area contributed by atoms with Crippen molar-refractivity contribution < 1.29 is 4.79 Å². The molecule has 76 valence electrons. The molecule has 0 spiro atoms. The summed E-state index contributed by atoms with van der Waals surface area (Å²) >= 11 is 1.37. The van der Waals surface area contributed by atoms with Crippen molar-refractivity contribution in [2.45, 2.75) is 0 Å². The van der Waals surface area contributed by atoms with Gasteiger partial charge in [-0.05, 0) is 0 Å². The third-order valence-corrected chi connectivity index (χ3v) is 2.37. The smallest absolute Gasteiger partial charge is 0.210 e. The van der Waals surface area contributed by atoms with Crippen LogP contribution in [-0.4, -0.2) is 36.3 Å². The van der Waals surface area contributed by atoms with Gasteiger partial charge in [0.1, 0.15) is 0 Å². The fraction of sp³-hybridized carbons (Fsp3) is 0.333. The lowest BCUT2D eigenvalue weighted by atomic mass is 10.4. The van der Waals surface area contributed by atoms with Crippen molar-refractivity contribution in [3.8, 4) is 0 Å². The van der Waals surface area contributed by atoms with E-state index in [1.54, 1.807) is 22.7 Å². The minimum atomic E-state index is 0.0447. The Balaban J connectivity index is 2.45. The van der Waals surface area contributed by atoms with Gasteiger partial charge in [-0.1, -0.05) is 0 Å². The Hall–Kier alpha value is -1.36. The molecule has 0 unspecified atom stereocenters. The van der Waals surface area contributed by atoms with E-state index in [2.05, 4.69) is 10.3 Å². The second-order valence-electron chi connectivity index (χ2n) is 2.78. The molecule has 0 fully saturated rings. The number of hydrogen-bond acceptors (Lipinski definition) is 5. The van der Waals surface area contributed by atoms with Crippen molar-refractivity contribution in [2.75, 3.05) is 20.6 Å². The van der Waals surface area contributed by atoms with Gasteiger partial charge in [-0.15, -0.1) is 11.3 Å². The number of aromatic nitrogens is 1. The molecule has 1 rings (SSSR count). The van der Waals surface area contributed by atoms with Gasteiger partial charge < -0.3 is 10.2 Å². The van der Waals surface area contributed by atoms with Crippen LogP contribution in [0.5, 0.6) is 0 Å². The first-order chi connectivity index (χ1) is 6.74. The van der Waals surface area contributed by atoms with E-state index in [0.29, 0.717) is 11.6 Å². The van der Waals surface area contributed by atoms with Crippen molar-refractivity contribution in [1.29, 1.82) is 0 Å². The van der Waals surface area contributed by atoms with Crippen LogP contribution in [-0.2, 0) is 0 Å². The molecule has 0 saturated heterocycles. The third kappa shape index (κ3) is 3.18. The quantitative estimate of drug-likeness (QED) is 0.736. The standard InChI is InChI=1S/C9H13N3OS/c1-10-3-5-12(2)7-8(13)9-11-4-6-14-9/h3-6,10H,7H2,1-2H3/b5-3-. The van der Waals surface area contributed by atoms with E-state index in [9.17, 15) is 4.79 Å². The number of Topliss-reactive ketones (excluding diaryl/α,β-unsaturated/α-hetero) is 1.